The SMILES string of the molecule is CCCCCCCCCCCCCCCC(=O)OC(CCCCCCCCCCCCC)CC(=O)NC(CCCN)C(=O)O. The van der Waals surface area contributed by atoms with Gasteiger partial charge in [-0.2, -0.15) is 0 Å². The molecule has 0 bridgehead atoms. The van der Waals surface area contributed by atoms with Crippen LogP contribution in [0.5, 0.6) is 0 Å². The number of ether oxygens (including phenoxy) is 1. The number of nitrogens with one attached hydrogen (secondary N) is 1. The number of hydrogen-bond acceptors (Lipinski definition) is 5. The molecule has 0 rings (SSSR count). The van der Waals surface area contributed by atoms with Crippen LogP contribution in [0, 0.1) is 0 Å². The summed E-state index contributed by atoms with van der Waals surface area (Å²) in [6.45, 7) is 4.88. The Morgan fingerprint density at radius 2 is 1.00 bits per heavy atom. The molecule has 0 aromatic carbocycles. The second kappa shape index (κ2) is 32.8. The van der Waals surface area contributed by atoms with Crippen LogP contribution in [-0.2, 0) is 19.1 Å². The molecule has 0 saturated heterocycles. The van der Waals surface area contributed by atoms with Crippen molar-refractivity contribution in [1.82, 2.24) is 5.32 Å². The predicted molar refractivity (Wildman–Crippen MR) is 184 cm³/mol. The number of hydrogen-bond donors (Lipinski definition) is 3. The summed E-state index contributed by atoms with van der Waals surface area (Å²) in [4.78, 5) is 36.9. The number of carbonyl (C=O) groups excluding carboxylic acids is 2. The molecule has 0 spiro atoms. The summed E-state index contributed by atoms with van der Waals surface area (Å²) >= 11 is 0. The van der Waals surface area contributed by atoms with Crippen LogP contribution in [0.1, 0.15) is 200 Å². The lowest BCUT2D eigenvalue weighted by Gasteiger charge is -2.20. The quantitative estimate of drug-likeness (QED) is 0.0484. The number of esters is 1. The van der Waals surface area contributed by atoms with Crippen LogP contribution in [0.4, 0.5) is 0 Å². The van der Waals surface area contributed by atoms with Crippen molar-refractivity contribution in [3.63, 3.8) is 0 Å². The van der Waals surface area contributed by atoms with Crippen molar-refractivity contribution in [2.45, 2.75) is 212 Å². The average molecular weight is 625 g/mol. The zero-order valence-corrected chi connectivity index (χ0v) is 29.0. The Kier molecular flexibility index (Phi) is 31.5. The van der Waals surface area contributed by atoms with Gasteiger partial charge in [-0.1, -0.05) is 155 Å². The summed E-state index contributed by atoms with van der Waals surface area (Å²) in [5.41, 5.74) is 5.52. The van der Waals surface area contributed by atoms with Gasteiger partial charge in [-0.3, -0.25) is 9.59 Å². The molecule has 260 valence electrons. The number of amides is 1. The molecule has 0 aromatic heterocycles. The van der Waals surface area contributed by atoms with E-state index in [1.54, 1.807) is 0 Å². The summed E-state index contributed by atoms with van der Waals surface area (Å²) < 4.78 is 5.78. The number of carbonyl (C=O) groups is 3. The highest BCUT2D eigenvalue weighted by Crippen LogP contribution is 2.17. The Bertz CT molecular complexity index is 672. The molecule has 0 saturated carbocycles. The first kappa shape index (κ1) is 42.4. The van der Waals surface area contributed by atoms with Gasteiger partial charge in [-0.25, -0.2) is 4.79 Å². The molecular weight excluding hydrogens is 552 g/mol. The third-order valence-corrected chi connectivity index (χ3v) is 8.66. The number of carboxylic acid groups (broad SMARTS) is 1. The molecule has 0 aromatic rings. The lowest BCUT2D eigenvalue weighted by molar-refractivity contribution is -0.151. The molecule has 0 aliphatic rings. The molecule has 0 fully saturated rings. The van der Waals surface area contributed by atoms with E-state index >= 15 is 0 Å². The second-order valence-electron chi connectivity index (χ2n) is 13.0. The van der Waals surface area contributed by atoms with E-state index in [2.05, 4.69) is 19.2 Å². The van der Waals surface area contributed by atoms with Gasteiger partial charge in [-0.15, -0.1) is 0 Å². The van der Waals surface area contributed by atoms with Gasteiger partial charge in [-0.05, 0) is 38.6 Å². The van der Waals surface area contributed by atoms with Crippen LogP contribution in [0.3, 0.4) is 0 Å². The average Bonchev–Trinajstić information content (AvgIpc) is 3.00. The van der Waals surface area contributed by atoms with Gasteiger partial charge < -0.3 is 20.9 Å². The minimum Gasteiger partial charge on any atom is -0.480 e. The van der Waals surface area contributed by atoms with E-state index in [0.29, 0.717) is 32.2 Å². The number of aliphatic carboxylic acids is 1. The Morgan fingerprint density at radius 3 is 1.41 bits per heavy atom. The Balaban J connectivity index is 4.35. The van der Waals surface area contributed by atoms with Crippen LogP contribution < -0.4 is 11.1 Å². The zero-order chi connectivity index (χ0) is 32.5. The third kappa shape index (κ3) is 29.1. The number of rotatable bonds is 34. The zero-order valence-electron chi connectivity index (χ0n) is 29.0. The van der Waals surface area contributed by atoms with E-state index in [1.165, 1.54) is 116 Å². The predicted octanol–water partition coefficient (Wildman–Crippen LogP) is 9.78. The highest BCUT2D eigenvalue weighted by atomic mass is 16.5. The minimum atomic E-state index is -1.06. The van der Waals surface area contributed by atoms with Gasteiger partial charge >= 0.3 is 11.9 Å². The van der Waals surface area contributed by atoms with Gasteiger partial charge in [0.1, 0.15) is 12.1 Å². The first-order valence-corrected chi connectivity index (χ1v) is 18.9. The number of nitrogens with two attached hydrogens (primary N) is 1. The van der Waals surface area contributed by atoms with Crippen molar-refractivity contribution in [3.8, 4) is 0 Å². The van der Waals surface area contributed by atoms with Gasteiger partial charge in [0.05, 0.1) is 6.42 Å². The Labute approximate surface area is 271 Å². The van der Waals surface area contributed by atoms with E-state index < -0.39 is 18.1 Å². The molecule has 44 heavy (non-hydrogen) atoms. The van der Waals surface area contributed by atoms with Gasteiger partial charge in [0, 0.05) is 6.42 Å². The summed E-state index contributed by atoms with van der Waals surface area (Å²) in [7, 11) is 0. The number of unbranched alkanes of at least 4 members (excludes halogenated alkanes) is 22. The summed E-state index contributed by atoms with van der Waals surface area (Å²) in [6, 6.07) is -0.963. The van der Waals surface area contributed by atoms with Crippen molar-refractivity contribution in [2.75, 3.05) is 6.54 Å². The van der Waals surface area contributed by atoms with E-state index in [1.807, 2.05) is 0 Å². The fourth-order valence-corrected chi connectivity index (χ4v) is 5.81. The van der Waals surface area contributed by atoms with Gasteiger partial charge in [0.15, 0.2) is 0 Å². The maximum absolute atomic E-state index is 12.7. The fraction of sp³-hybridized carbons (Fsp3) is 0.919. The Morgan fingerprint density at radius 1 is 0.591 bits per heavy atom. The van der Waals surface area contributed by atoms with E-state index in [-0.39, 0.29) is 18.3 Å². The minimum absolute atomic E-state index is 0.00844. The van der Waals surface area contributed by atoms with Crippen LogP contribution in [-0.4, -0.2) is 41.6 Å². The standard InChI is InChI=1S/C37H72N2O5/c1-3-5-7-9-11-13-15-16-18-20-22-24-26-30-36(41)44-33(32-35(40)39-34(37(42)43)29-27-31-38)28-25-23-21-19-17-14-12-10-8-6-4-2/h33-34H,3-32,38H2,1-2H3,(H,39,40)(H,42,43). The van der Waals surface area contributed by atoms with E-state index in [4.69, 9.17) is 10.5 Å². The molecule has 2 atom stereocenters. The van der Waals surface area contributed by atoms with Crippen molar-refractivity contribution < 1.29 is 24.2 Å². The first-order chi connectivity index (χ1) is 21.4. The maximum atomic E-state index is 12.7. The van der Waals surface area contributed by atoms with Crippen LogP contribution >= 0.6 is 0 Å². The molecule has 1 amide bonds. The largest absolute Gasteiger partial charge is 0.480 e. The topological polar surface area (TPSA) is 119 Å². The molecule has 4 N–H and O–H groups in total. The molecule has 0 radical (unpaired) electrons. The maximum Gasteiger partial charge on any atom is 0.326 e. The fourth-order valence-electron chi connectivity index (χ4n) is 5.81. The van der Waals surface area contributed by atoms with Crippen molar-refractivity contribution in [3.05, 3.63) is 0 Å². The number of carboxylic acids is 1. The van der Waals surface area contributed by atoms with E-state index in [9.17, 15) is 19.5 Å². The molecule has 7 heteroatoms. The highest BCUT2D eigenvalue weighted by Gasteiger charge is 2.23. The summed E-state index contributed by atoms with van der Waals surface area (Å²) in [6.07, 6.45) is 31.2. The molecule has 0 heterocycles. The molecule has 0 aliphatic carbocycles. The highest BCUT2D eigenvalue weighted by molar-refractivity contribution is 5.84. The van der Waals surface area contributed by atoms with E-state index in [0.717, 1.165) is 38.5 Å². The van der Waals surface area contributed by atoms with Crippen molar-refractivity contribution in [1.29, 1.82) is 0 Å². The summed E-state index contributed by atoms with van der Waals surface area (Å²) in [5.74, 6) is -1.68. The summed E-state index contributed by atoms with van der Waals surface area (Å²) in [5, 5.41) is 12.1. The van der Waals surface area contributed by atoms with Gasteiger partial charge in [0.25, 0.3) is 0 Å². The van der Waals surface area contributed by atoms with Crippen LogP contribution in [0.15, 0.2) is 0 Å². The lowest BCUT2D eigenvalue weighted by Crippen LogP contribution is -2.42. The Hall–Kier alpha value is -1.63. The molecular formula is C37H72N2O5. The normalized spacial score (nSPS) is 12.6. The first-order valence-electron chi connectivity index (χ1n) is 18.9. The molecule has 0 aliphatic heterocycles. The lowest BCUT2D eigenvalue weighted by atomic mass is 10.0. The van der Waals surface area contributed by atoms with Crippen molar-refractivity contribution in [2.24, 2.45) is 5.73 Å². The molecule has 7 nitrogen and oxygen atoms in total. The molecule has 2 unspecified atom stereocenters. The van der Waals surface area contributed by atoms with Gasteiger partial charge in [0.2, 0.25) is 5.91 Å². The van der Waals surface area contributed by atoms with Crippen LogP contribution in [0.25, 0.3) is 0 Å². The third-order valence-electron chi connectivity index (χ3n) is 8.66. The second-order valence-corrected chi connectivity index (χ2v) is 13.0. The van der Waals surface area contributed by atoms with Crippen LogP contribution in [0.2, 0.25) is 0 Å². The smallest absolute Gasteiger partial charge is 0.326 e. The van der Waals surface area contributed by atoms with Crippen molar-refractivity contribution >= 4 is 17.8 Å². The monoisotopic (exact) mass is 625 g/mol.